The van der Waals surface area contributed by atoms with Crippen molar-refractivity contribution >= 4 is 17.1 Å². The molecule has 1 heterocycles. The molecule has 1 nitrogen and oxygen atoms in total. The van der Waals surface area contributed by atoms with Crippen LogP contribution < -0.4 is 0 Å². The highest BCUT2D eigenvalue weighted by Crippen LogP contribution is 2.30. The van der Waals surface area contributed by atoms with Gasteiger partial charge in [-0.25, -0.2) is 0 Å². The highest BCUT2D eigenvalue weighted by atomic mass is 32.1. The Kier molecular flexibility index (Phi) is 3.16. The Labute approximate surface area is 106 Å². The quantitative estimate of drug-likeness (QED) is 0.703. The molecule has 1 aromatic carbocycles. The van der Waals surface area contributed by atoms with Gasteiger partial charge in [0.1, 0.15) is 0 Å². The Hall–Kier alpha value is -1.41. The Bertz CT molecular complexity index is 518. The number of carbonyl (C=O) groups is 1. The first kappa shape index (κ1) is 12.1. The summed E-state index contributed by atoms with van der Waals surface area (Å²) in [6.45, 7) is 5.87. The first-order chi connectivity index (χ1) is 8.00. The van der Waals surface area contributed by atoms with E-state index in [9.17, 15) is 4.79 Å². The second kappa shape index (κ2) is 4.46. The average molecular weight is 244 g/mol. The van der Waals surface area contributed by atoms with E-state index in [1.54, 1.807) is 11.3 Å². The van der Waals surface area contributed by atoms with Crippen molar-refractivity contribution in [1.29, 1.82) is 0 Å². The predicted molar refractivity (Wildman–Crippen MR) is 73.5 cm³/mol. The number of hydrogen-bond donors (Lipinski definition) is 0. The van der Waals surface area contributed by atoms with Gasteiger partial charge in [-0.15, -0.1) is 0 Å². The van der Waals surface area contributed by atoms with Crippen LogP contribution in [0.4, 0.5) is 0 Å². The van der Waals surface area contributed by atoms with E-state index in [-0.39, 0.29) is 11.2 Å². The molecule has 0 aliphatic heterocycles. The molecule has 2 rings (SSSR count). The van der Waals surface area contributed by atoms with Crippen molar-refractivity contribution in [3.05, 3.63) is 46.7 Å². The van der Waals surface area contributed by atoms with E-state index in [2.05, 4.69) is 11.4 Å². The Balaban J connectivity index is 2.53. The van der Waals surface area contributed by atoms with Crippen molar-refractivity contribution in [3.63, 3.8) is 0 Å². The molecule has 0 atom stereocenters. The van der Waals surface area contributed by atoms with Gasteiger partial charge in [-0.05, 0) is 28.0 Å². The summed E-state index contributed by atoms with van der Waals surface area (Å²) in [6.07, 6.45) is 0. The molecule has 1 aromatic heterocycles. The van der Waals surface area contributed by atoms with Crippen LogP contribution in [0.1, 0.15) is 31.1 Å². The molecule has 0 amide bonds. The maximum absolute atomic E-state index is 12.4. The second-order valence-electron chi connectivity index (χ2n) is 5.14. The molecule has 0 saturated heterocycles. The summed E-state index contributed by atoms with van der Waals surface area (Å²) in [5.41, 5.74) is 2.64. The normalized spacial score (nSPS) is 11.5. The predicted octanol–water partition coefficient (Wildman–Crippen LogP) is 4.64. The molecule has 88 valence electrons. The zero-order valence-corrected chi connectivity index (χ0v) is 11.2. The lowest BCUT2D eigenvalue weighted by molar-refractivity contribution is 0.0859. The molecule has 2 heteroatoms. The van der Waals surface area contributed by atoms with Gasteiger partial charge in [0.25, 0.3) is 0 Å². The van der Waals surface area contributed by atoms with Crippen molar-refractivity contribution in [2.45, 2.75) is 20.8 Å². The summed E-state index contributed by atoms with van der Waals surface area (Å²) in [6, 6.07) is 9.89. The Morgan fingerprint density at radius 2 is 1.82 bits per heavy atom. The standard InChI is InChI=1S/C15H16OS/c1-15(2,3)14(16)13-7-5-4-6-12(13)11-8-9-17-10-11/h4-10H,1-3H3. The SMILES string of the molecule is CC(C)(C)C(=O)c1ccccc1-c1ccsc1. The van der Waals surface area contributed by atoms with Crippen LogP contribution in [0.3, 0.4) is 0 Å². The third-order valence-corrected chi connectivity index (χ3v) is 3.37. The number of hydrogen-bond acceptors (Lipinski definition) is 2. The molecule has 0 spiro atoms. The van der Waals surface area contributed by atoms with Crippen molar-refractivity contribution < 1.29 is 4.79 Å². The molecular formula is C15H16OS. The first-order valence-corrected chi connectivity index (χ1v) is 6.61. The minimum Gasteiger partial charge on any atom is -0.294 e. The van der Waals surface area contributed by atoms with Gasteiger partial charge >= 0.3 is 0 Å². The lowest BCUT2D eigenvalue weighted by Gasteiger charge is -2.18. The van der Waals surface area contributed by atoms with Crippen molar-refractivity contribution in [2.24, 2.45) is 5.41 Å². The summed E-state index contributed by atoms with van der Waals surface area (Å²) in [5.74, 6) is 0.194. The number of Topliss-reactive ketones (excluding diaryl/α,β-unsaturated/α-hetero) is 1. The van der Waals surface area contributed by atoms with E-state index >= 15 is 0 Å². The maximum atomic E-state index is 12.4. The average Bonchev–Trinajstić information content (AvgIpc) is 2.80. The van der Waals surface area contributed by atoms with Crippen LogP contribution in [0.15, 0.2) is 41.1 Å². The second-order valence-corrected chi connectivity index (χ2v) is 5.92. The smallest absolute Gasteiger partial charge is 0.168 e. The highest BCUT2D eigenvalue weighted by Gasteiger charge is 2.25. The minimum absolute atomic E-state index is 0.194. The van der Waals surface area contributed by atoms with Crippen LogP contribution in [0, 0.1) is 5.41 Å². The Morgan fingerprint density at radius 1 is 1.12 bits per heavy atom. The van der Waals surface area contributed by atoms with E-state index in [1.807, 2.05) is 50.4 Å². The van der Waals surface area contributed by atoms with Gasteiger partial charge in [0, 0.05) is 11.0 Å². The zero-order valence-electron chi connectivity index (χ0n) is 10.4. The molecule has 0 bridgehead atoms. The van der Waals surface area contributed by atoms with Gasteiger partial charge in [-0.3, -0.25) is 4.79 Å². The van der Waals surface area contributed by atoms with Crippen molar-refractivity contribution in [1.82, 2.24) is 0 Å². The van der Waals surface area contributed by atoms with Crippen molar-refractivity contribution in [2.75, 3.05) is 0 Å². The third-order valence-electron chi connectivity index (χ3n) is 2.69. The van der Waals surface area contributed by atoms with Gasteiger partial charge in [-0.2, -0.15) is 11.3 Å². The van der Waals surface area contributed by atoms with Gasteiger partial charge in [0.15, 0.2) is 5.78 Å². The molecule has 0 aliphatic rings. The van der Waals surface area contributed by atoms with Crippen LogP contribution >= 0.6 is 11.3 Å². The van der Waals surface area contributed by atoms with Crippen LogP contribution in [0.25, 0.3) is 11.1 Å². The molecule has 0 aliphatic carbocycles. The van der Waals surface area contributed by atoms with Crippen LogP contribution in [0.5, 0.6) is 0 Å². The fraction of sp³-hybridized carbons (Fsp3) is 0.267. The van der Waals surface area contributed by atoms with E-state index in [4.69, 9.17) is 0 Å². The molecule has 0 radical (unpaired) electrons. The van der Waals surface area contributed by atoms with Gasteiger partial charge < -0.3 is 0 Å². The molecule has 0 N–H and O–H groups in total. The zero-order chi connectivity index (χ0) is 12.5. The number of benzene rings is 1. The van der Waals surface area contributed by atoms with Crippen LogP contribution in [0.2, 0.25) is 0 Å². The lowest BCUT2D eigenvalue weighted by atomic mass is 9.84. The summed E-state index contributed by atoms with van der Waals surface area (Å²) in [5, 5.41) is 4.11. The number of thiophene rings is 1. The summed E-state index contributed by atoms with van der Waals surface area (Å²) >= 11 is 1.65. The molecule has 0 fully saturated rings. The molecule has 17 heavy (non-hydrogen) atoms. The van der Waals surface area contributed by atoms with Crippen LogP contribution in [-0.2, 0) is 0 Å². The number of ketones is 1. The number of rotatable bonds is 2. The minimum atomic E-state index is -0.341. The summed E-state index contributed by atoms with van der Waals surface area (Å²) in [7, 11) is 0. The number of carbonyl (C=O) groups excluding carboxylic acids is 1. The van der Waals surface area contributed by atoms with Gasteiger partial charge in [-0.1, -0.05) is 45.0 Å². The fourth-order valence-corrected chi connectivity index (χ4v) is 2.41. The molecule has 2 aromatic rings. The van der Waals surface area contributed by atoms with E-state index < -0.39 is 0 Å². The topological polar surface area (TPSA) is 17.1 Å². The van der Waals surface area contributed by atoms with E-state index in [0.717, 1.165) is 16.7 Å². The monoisotopic (exact) mass is 244 g/mol. The maximum Gasteiger partial charge on any atom is 0.168 e. The first-order valence-electron chi connectivity index (χ1n) is 5.66. The summed E-state index contributed by atoms with van der Waals surface area (Å²) in [4.78, 5) is 12.4. The lowest BCUT2D eigenvalue weighted by Crippen LogP contribution is -2.20. The van der Waals surface area contributed by atoms with Gasteiger partial charge in [0.05, 0.1) is 0 Å². The van der Waals surface area contributed by atoms with Crippen molar-refractivity contribution in [3.8, 4) is 11.1 Å². The largest absolute Gasteiger partial charge is 0.294 e. The fourth-order valence-electron chi connectivity index (χ4n) is 1.75. The molecule has 0 saturated carbocycles. The highest BCUT2D eigenvalue weighted by molar-refractivity contribution is 7.08. The summed E-state index contributed by atoms with van der Waals surface area (Å²) < 4.78 is 0. The molecular weight excluding hydrogens is 228 g/mol. The Morgan fingerprint density at radius 3 is 2.41 bits per heavy atom. The molecule has 0 unspecified atom stereocenters. The van der Waals surface area contributed by atoms with Gasteiger partial charge in [0.2, 0.25) is 0 Å². The third kappa shape index (κ3) is 2.47. The van der Waals surface area contributed by atoms with E-state index in [1.165, 1.54) is 0 Å². The van der Waals surface area contributed by atoms with E-state index in [0.29, 0.717) is 0 Å². The van der Waals surface area contributed by atoms with Crippen LogP contribution in [-0.4, -0.2) is 5.78 Å².